The molecule has 0 fully saturated rings. The van der Waals surface area contributed by atoms with Crippen LogP contribution in [0.1, 0.15) is 11.1 Å². The molecule has 0 radical (unpaired) electrons. The summed E-state index contributed by atoms with van der Waals surface area (Å²) in [6.45, 7) is 0. The van der Waals surface area contributed by atoms with E-state index < -0.39 is 11.7 Å². The summed E-state index contributed by atoms with van der Waals surface area (Å²) in [5.41, 5.74) is -0.587. The lowest BCUT2D eigenvalue weighted by molar-refractivity contribution is -0.137. The number of hydrogen-bond donors (Lipinski definition) is 0. The van der Waals surface area contributed by atoms with Gasteiger partial charge >= 0.3 is 6.18 Å². The fraction of sp³-hybridized carbons (Fsp3) is 0.222. The molecular weight excluding hydrogens is 215 g/mol. The molecule has 1 aromatic rings. The van der Waals surface area contributed by atoms with E-state index in [1.807, 2.05) is 0 Å². The quantitative estimate of drug-likeness (QED) is 0.710. The van der Waals surface area contributed by atoms with Gasteiger partial charge in [0.25, 0.3) is 0 Å². The van der Waals surface area contributed by atoms with Crippen molar-refractivity contribution >= 4 is 11.6 Å². The molecule has 0 saturated carbocycles. The molecule has 1 nitrogen and oxygen atoms in total. The van der Waals surface area contributed by atoms with Crippen molar-refractivity contribution in [3.05, 3.63) is 34.3 Å². The van der Waals surface area contributed by atoms with Crippen LogP contribution in [0.25, 0.3) is 0 Å². The molecular formula is C9H5ClF3N. The van der Waals surface area contributed by atoms with Gasteiger partial charge in [-0.2, -0.15) is 18.4 Å². The highest BCUT2D eigenvalue weighted by Crippen LogP contribution is 2.31. The van der Waals surface area contributed by atoms with E-state index in [0.717, 1.165) is 18.2 Å². The highest BCUT2D eigenvalue weighted by molar-refractivity contribution is 6.31. The molecule has 5 heteroatoms. The molecule has 0 aromatic heterocycles. The van der Waals surface area contributed by atoms with E-state index in [0.29, 0.717) is 0 Å². The average Bonchev–Trinajstić information content (AvgIpc) is 2.07. The lowest BCUT2D eigenvalue weighted by atomic mass is 10.1. The Hall–Kier alpha value is -1.21. The second-order valence-electron chi connectivity index (χ2n) is 2.64. The third kappa shape index (κ3) is 2.39. The average molecular weight is 220 g/mol. The molecule has 1 rings (SSSR count). The Balaban J connectivity index is 3.14. The summed E-state index contributed by atoms with van der Waals surface area (Å²) in [7, 11) is 0. The molecule has 0 heterocycles. The first-order chi connectivity index (χ1) is 6.45. The standard InChI is InChI=1S/C9H5ClF3N/c10-8-2-1-7(9(11,12)13)5-6(8)3-4-14/h1-2,5H,3H2. The third-order valence-electron chi connectivity index (χ3n) is 1.64. The van der Waals surface area contributed by atoms with Gasteiger partial charge in [0, 0.05) is 5.02 Å². The smallest absolute Gasteiger partial charge is 0.198 e. The van der Waals surface area contributed by atoms with E-state index in [4.69, 9.17) is 16.9 Å². The number of nitrogens with zero attached hydrogens (tertiary/aromatic N) is 1. The molecule has 0 bridgehead atoms. The number of benzene rings is 1. The Morgan fingerprint density at radius 2 is 2.00 bits per heavy atom. The van der Waals surface area contributed by atoms with Gasteiger partial charge in [0.05, 0.1) is 18.1 Å². The van der Waals surface area contributed by atoms with Crippen LogP contribution in [-0.2, 0) is 12.6 Å². The van der Waals surface area contributed by atoms with Crippen molar-refractivity contribution in [2.24, 2.45) is 0 Å². The molecule has 0 aliphatic heterocycles. The Bertz CT molecular complexity index is 379. The number of alkyl halides is 3. The molecule has 1 aromatic carbocycles. The predicted molar refractivity (Wildman–Crippen MR) is 45.8 cm³/mol. The van der Waals surface area contributed by atoms with Gasteiger partial charge in [-0.3, -0.25) is 0 Å². The van der Waals surface area contributed by atoms with E-state index >= 15 is 0 Å². The Kier molecular flexibility index (Phi) is 3.02. The summed E-state index contributed by atoms with van der Waals surface area (Å²) in [6, 6.07) is 4.69. The molecule has 0 aliphatic rings. The molecule has 14 heavy (non-hydrogen) atoms. The minimum atomic E-state index is -4.39. The topological polar surface area (TPSA) is 23.8 Å². The maximum Gasteiger partial charge on any atom is 0.416 e. The molecule has 74 valence electrons. The summed E-state index contributed by atoms with van der Waals surface area (Å²) in [4.78, 5) is 0. The van der Waals surface area contributed by atoms with E-state index in [9.17, 15) is 13.2 Å². The normalized spacial score (nSPS) is 11.1. The third-order valence-corrected chi connectivity index (χ3v) is 2.01. The summed E-state index contributed by atoms with van der Waals surface area (Å²) in [5.74, 6) is 0. The summed E-state index contributed by atoms with van der Waals surface area (Å²) < 4.78 is 36.6. The SMILES string of the molecule is N#CCc1cc(C(F)(F)F)ccc1Cl. The van der Waals surface area contributed by atoms with Crippen LogP contribution in [0.2, 0.25) is 5.02 Å². The van der Waals surface area contributed by atoms with Gasteiger partial charge in [-0.1, -0.05) is 11.6 Å². The zero-order valence-corrected chi connectivity index (χ0v) is 7.65. The molecule has 0 N–H and O–H groups in total. The Labute approximate surface area is 83.7 Å². The fourth-order valence-corrected chi connectivity index (χ4v) is 1.16. The van der Waals surface area contributed by atoms with Crippen LogP contribution in [-0.4, -0.2) is 0 Å². The number of rotatable bonds is 1. The zero-order valence-electron chi connectivity index (χ0n) is 6.90. The summed E-state index contributed by atoms with van der Waals surface area (Å²) in [6.07, 6.45) is -4.52. The maximum absolute atomic E-state index is 12.2. The molecule has 0 aliphatic carbocycles. The number of hydrogen-bond acceptors (Lipinski definition) is 1. The molecule has 0 atom stereocenters. The highest BCUT2D eigenvalue weighted by Gasteiger charge is 2.30. The van der Waals surface area contributed by atoms with Gasteiger partial charge in [-0.15, -0.1) is 0 Å². The second kappa shape index (κ2) is 3.89. The van der Waals surface area contributed by atoms with Crippen molar-refractivity contribution in [2.75, 3.05) is 0 Å². The van der Waals surface area contributed by atoms with Crippen molar-refractivity contribution < 1.29 is 13.2 Å². The van der Waals surface area contributed by atoms with Crippen LogP contribution in [0.3, 0.4) is 0 Å². The van der Waals surface area contributed by atoms with Gasteiger partial charge in [-0.25, -0.2) is 0 Å². The van der Waals surface area contributed by atoms with Crippen molar-refractivity contribution in [3.8, 4) is 6.07 Å². The van der Waals surface area contributed by atoms with E-state index in [2.05, 4.69) is 0 Å². The monoisotopic (exact) mass is 219 g/mol. The zero-order chi connectivity index (χ0) is 10.8. The van der Waals surface area contributed by atoms with Crippen LogP contribution < -0.4 is 0 Å². The maximum atomic E-state index is 12.2. The first-order valence-electron chi connectivity index (χ1n) is 3.67. The van der Waals surface area contributed by atoms with Crippen LogP contribution in [0, 0.1) is 11.3 Å². The van der Waals surface area contributed by atoms with Gasteiger partial charge in [0.1, 0.15) is 0 Å². The number of nitriles is 1. The lowest BCUT2D eigenvalue weighted by Gasteiger charge is -2.08. The van der Waals surface area contributed by atoms with Crippen molar-refractivity contribution in [3.63, 3.8) is 0 Å². The first kappa shape index (κ1) is 10.9. The largest absolute Gasteiger partial charge is 0.416 e. The molecule has 0 saturated heterocycles. The van der Waals surface area contributed by atoms with Crippen LogP contribution in [0.15, 0.2) is 18.2 Å². The van der Waals surface area contributed by atoms with Gasteiger partial charge < -0.3 is 0 Å². The lowest BCUT2D eigenvalue weighted by Crippen LogP contribution is -2.05. The van der Waals surface area contributed by atoms with Gasteiger partial charge in [0.2, 0.25) is 0 Å². The van der Waals surface area contributed by atoms with E-state index in [1.54, 1.807) is 6.07 Å². The minimum Gasteiger partial charge on any atom is -0.198 e. The van der Waals surface area contributed by atoms with Crippen LogP contribution >= 0.6 is 11.6 Å². The predicted octanol–water partition coefficient (Wildman–Crippen LogP) is 3.42. The first-order valence-corrected chi connectivity index (χ1v) is 4.05. The molecule has 0 amide bonds. The van der Waals surface area contributed by atoms with Crippen molar-refractivity contribution in [2.45, 2.75) is 12.6 Å². The minimum absolute atomic E-state index is 0.122. The van der Waals surface area contributed by atoms with E-state index in [-0.39, 0.29) is 17.0 Å². The van der Waals surface area contributed by atoms with Crippen molar-refractivity contribution in [1.29, 1.82) is 5.26 Å². The van der Waals surface area contributed by atoms with Crippen LogP contribution in [0.5, 0.6) is 0 Å². The molecule has 0 spiro atoms. The highest BCUT2D eigenvalue weighted by atomic mass is 35.5. The second-order valence-corrected chi connectivity index (χ2v) is 3.05. The van der Waals surface area contributed by atoms with Gasteiger partial charge in [-0.05, 0) is 23.8 Å². The van der Waals surface area contributed by atoms with Crippen LogP contribution in [0.4, 0.5) is 13.2 Å². The Morgan fingerprint density at radius 3 is 2.50 bits per heavy atom. The van der Waals surface area contributed by atoms with E-state index in [1.165, 1.54) is 0 Å². The summed E-state index contributed by atoms with van der Waals surface area (Å²) >= 11 is 5.61. The fourth-order valence-electron chi connectivity index (χ4n) is 0.972. The molecule has 0 unspecified atom stereocenters. The Morgan fingerprint density at radius 1 is 1.36 bits per heavy atom. The summed E-state index contributed by atoms with van der Waals surface area (Å²) in [5, 5.41) is 8.53. The van der Waals surface area contributed by atoms with Crippen molar-refractivity contribution in [1.82, 2.24) is 0 Å². The number of halogens is 4. The van der Waals surface area contributed by atoms with Gasteiger partial charge in [0.15, 0.2) is 0 Å².